The molecule has 2 amide bonds. The predicted octanol–water partition coefficient (Wildman–Crippen LogP) is 1.90. The van der Waals surface area contributed by atoms with Gasteiger partial charge in [0.1, 0.15) is 0 Å². The van der Waals surface area contributed by atoms with Crippen LogP contribution in [-0.4, -0.2) is 60.9 Å². The summed E-state index contributed by atoms with van der Waals surface area (Å²) in [7, 11) is 0. The lowest BCUT2D eigenvalue weighted by Crippen LogP contribution is -2.51. The average Bonchev–Trinajstić information content (AvgIpc) is 2.86. The van der Waals surface area contributed by atoms with Crippen molar-refractivity contribution in [1.29, 1.82) is 0 Å². The van der Waals surface area contributed by atoms with Gasteiger partial charge in [0, 0.05) is 38.5 Å². The van der Waals surface area contributed by atoms with Crippen LogP contribution in [0.2, 0.25) is 0 Å². The normalized spacial score (nSPS) is 24.0. The van der Waals surface area contributed by atoms with Gasteiger partial charge in [-0.05, 0) is 44.2 Å². The summed E-state index contributed by atoms with van der Waals surface area (Å²) in [6, 6.07) is 0. The average molecular weight is 358 g/mol. The van der Waals surface area contributed by atoms with Crippen LogP contribution in [0.1, 0.15) is 45.4 Å². The molecule has 138 valence electrons. The number of halogens is 1. The van der Waals surface area contributed by atoms with Gasteiger partial charge in [0.2, 0.25) is 11.8 Å². The molecule has 24 heavy (non-hydrogen) atoms. The second-order valence-corrected chi connectivity index (χ2v) is 7.62. The molecule has 0 aromatic heterocycles. The highest BCUT2D eigenvalue weighted by Gasteiger charge is 2.32. The maximum atomic E-state index is 12.6. The molecule has 0 bridgehead atoms. The first kappa shape index (κ1) is 19.5. The Balaban J connectivity index is 0.00000208. The molecule has 2 heterocycles. The molecule has 2 saturated heterocycles. The van der Waals surface area contributed by atoms with Crippen molar-refractivity contribution in [2.45, 2.75) is 45.4 Å². The van der Waals surface area contributed by atoms with Gasteiger partial charge in [0.15, 0.2) is 0 Å². The van der Waals surface area contributed by atoms with Crippen molar-refractivity contribution < 1.29 is 9.59 Å². The third kappa shape index (κ3) is 4.63. The number of carbonyl (C=O) groups is 2. The van der Waals surface area contributed by atoms with Crippen LogP contribution in [-0.2, 0) is 9.59 Å². The van der Waals surface area contributed by atoms with E-state index >= 15 is 0 Å². The molecule has 6 heteroatoms. The molecule has 2 aliphatic heterocycles. The standard InChI is InChI=1S/C18H31N3O2.ClH/c1-14(16-12-19-13-16)18(23)21-8-4-7-20(9-10-21)17(22)11-15-5-2-3-6-15;/h14-16,19H,2-13H2,1H3;1H. The SMILES string of the molecule is CC(C(=O)N1CCCN(C(=O)CC2CCCC2)CC1)C1CNC1.Cl. The first-order chi connectivity index (χ1) is 11.1. The van der Waals surface area contributed by atoms with E-state index in [2.05, 4.69) is 12.2 Å². The van der Waals surface area contributed by atoms with Gasteiger partial charge < -0.3 is 15.1 Å². The number of hydrogen-bond donors (Lipinski definition) is 1. The minimum absolute atomic E-state index is 0. The number of carbonyl (C=O) groups excluding carboxylic acids is 2. The molecule has 1 atom stereocenters. The second kappa shape index (κ2) is 9.04. The summed E-state index contributed by atoms with van der Waals surface area (Å²) in [6.45, 7) is 7.03. The van der Waals surface area contributed by atoms with Gasteiger partial charge in [-0.3, -0.25) is 9.59 Å². The summed E-state index contributed by atoms with van der Waals surface area (Å²) in [4.78, 5) is 29.1. The highest BCUT2D eigenvalue weighted by atomic mass is 35.5. The van der Waals surface area contributed by atoms with Gasteiger partial charge in [-0.2, -0.15) is 0 Å². The number of nitrogens with zero attached hydrogens (tertiary/aromatic N) is 2. The molecular weight excluding hydrogens is 326 g/mol. The fourth-order valence-corrected chi connectivity index (χ4v) is 4.13. The third-order valence-corrected chi connectivity index (χ3v) is 6.01. The molecule has 1 N–H and O–H groups in total. The zero-order chi connectivity index (χ0) is 16.2. The van der Waals surface area contributed by atoms with Crippen LogP contribution in [0.4, 0.5) is 0 Å². The molecule has 3 fully saturated rings. The van der Waals surface area contributed by atoms with Gasteiger partial charge >= 0.3 is 0 Å². The van der Waals surface area contributed by atoms with E-state index in [0.717, 1.165) is 39.0 Å². The molecule has 1 aliphatic carbocycles. The van der Waals surface area contributed by atoms with Crippen LogP contribution in [0.3, 0.4) is 0 Å². The van der Waals surface area contributed by atoms with E-state index in [4.69, 9.17) is 0 Å². The summed E-state index contributed by atoms with van der Waals surface area (Å²) in [5, 5.41) is 3.24. The van der Waals surface area contributed by atoms with E-state index in [9.17, 15) is 9.59 Å². The van der Waals surface area contributed by atoms with Crippen LogP contribution in [0.25, 0.3) is 0 Å². The lowest BCUT2D eigenvalue weighted by Gasteiger charge is -2.34. The van der Waals surface area contributed by atoms with Gasteiger partial charge in [-0.25, -0.2) is 0 Å². The quantitative estimate of drug-likeness (QED) is 0.836. The highest BCUT2D eigenvalue weighted by Crippen LogP contribution is 2.28. The zero-order valence-corrected chi connectivity index (χ0v) is 15.7. The van der Waals surface area contributed by atoms with Gasteiger partial charge in [0.25, 0.3) is 0 Å². The van der Waals surface area contributed by atoms with Crippen molar-refractivity contribution in [3.05, 3.63) is 0 Å². The Hall–Kier alpha value is -0.810. The topological polar surface area (TPSA) is 52.7 Å². The van der Waals surface area contributed by atoms with E-state index in [0.29, 0.717) is 30.8 Å². The summed E-state index contributed by atoms with van der Waals surface area (Å²) < 4.78 is 0. The molecule has 0 aromatic carbocycles. The Bertz CT molecular complexity index is 436. The van der Waals surface area contributed by atoms with Gasteiger partial charge in [-0.15, -0.1) is 12.4 Å². The van der Waals surface area contributed by atoms with Crippen molar-refractivity contribution in [1.82, 2.24) is 15.1 Å². The largest absolute Gasteiger partial charge is 0.341 e. The van der Waals surface area contributed by atoms with Crippen LogP contribution in [0.15, 0.2) is 0 Å². The zero-order valence-electron chi connectivity index (χ0n) is 14.8. The number of rotatable bonds is 4. The lowest BCUT2D eigenvalue weighted by atomic mass is 9.88. The first-order valence-electron chi connectivity index (χ1n) is 9.42. The number of nitrogens with one attached hydrogen (secondary N) is 1. The molecule has 1 saturated carbocycles. The smallest absolute Gasteiger partial charge is 0.225 e. The molecule has 0 spiro atoms. The van der Waals surface area contributed by atoms with Gasteiger partial charge in [0.05, 0.1) is 0 Å². The van der Waals surface area contributed by atoms with E-state index in [1.807, 2.05) is 9.80 Å². The molecule has 3 aliphatic rings. The van der Waals surface area contributed by atoms with Crippen LogP contribution in [0.5, 0.6) is 0 Å². The number of amides is 2. The summed E-state index contributed by atoms with van der Waals surface area (Å²) in [6.07, 6.45) is 6.65. The fraction of sp³-hybridized carbons (Fsp3) is 0.889. The molecular formula is C18H32ClN3O2. The van der Waals surface area contributed by atoms with Crippen LogP contribution >= 0.6 is 12.4 Å². The van der Waals surface area contributed by atoms with E-state index < -0.39 is 0 Å². The third-order valence-electron chi connectivity index (χ3n) is 6.01. The Labute approximate surface area is 151 Å². The minimum atomic E-state index is 0. The van der Waals surface area contributed by atoms with Crippen molar-refractivity contribution >= 4 is 24.2 Å². The summed E-state index contributed by atoms with van der Waals surface area (Å²) in [5.41, 5.74) is 0. The Kier molecular flexibility index (Phi) is 7.35. The summed E-state index contributed by atoms with van der Waals surface area (Å²) in [5.74, 6) is 1.79. The minimum Gasteiger partial charge on any atom is -0.341 e. The Morgan fingerprint density at radius 3 is 2.25 bits per heavy atom. The second-order valence-electron chi connectivity index (χ2n) is 7.62. The maximum absolute atomic E-state index is 12.6. The van der Waals surface area contributed by atoms with Crippen molar-refractivity contribution in [2.24, 2.45) is 17.8 Å². The Morgan fingerprint density at radius 2 is 1.62 bits per heavy atom. The van der Waals surface area contributed by atoms with Crippen molar-refractivity contribution in [2.75, 3.05) is 39.3 Å². The van der Waals surface area contributed by atoms with E-state index in [1.165, 1.54) is 25.7 Å². The van der Waals surface area contributed by atoms with Crippen molar-refractivity contribution in [3.8, 4) is 0 Å². The number of hydrogen-bond acceptors (Lipinski definition) is 3. The van der Waals surface area contributed by atoms with Crippen molar-refractivity contribution in [3.63, 3.8) is 0 Å². The highest BCUT2D eigenvalue weighted by molar-refractivity contribution is 5.85. The monoisotopic (exact) mass is 357 g/mol. The van der Waals surface area contributed by atoms with Crippen LogP contribution in [0, 0.1) is 17.8 Å². The first-order valence-corrected chi connectivity index (χ1v) is 9.42. The molecule has 0 aromatic rings. The Morgan fingerprint density at radius 1 is 1.00 bits per heavy atom. The maximum Gasteiger partial charge on any atom is 0.225 e. The van der Waals surface area contributed by atoms with E-state index in [1.54, 1.807) is 0 Å². The molecule has 1 unspecified atom stereocenters. The van der Waals surface area contributed by atoms with E-state index in [-0.39, 0.29) is 24.2 Å². The summed E-state index contributed by atoms with van der Waals surface area (Å²) >= 11 is 0. The van der Waals surface area contributed by atoms with Gasteiger partial charge in [-0.1, -0.05) is 19.8 Å². The predicted molar refractivity (Wildman–Crippen MR) is 97.1 cm³/mol. The molecule has 5 nitrogen and oxygen atoms in total. The lowest BCUT2D eigenvalue weighted by molar-refractivity contribution is -0.138. The fourth-order valence-electron chi connectivity index (χ4n) is 4.13. The van der Waals surface area contributed by atoms with Crippen LogP contribution < -0.4 is 5.32 Å². The molecule has 0 radical (unpaired) electrons. The molecule has 3 rings (SSSR count).